The highest BCUT2D eigenvalue weighted by Gasteiger charge is 2.30. The fourth-order valence-electron chi connectivity index (χ4n) is 6.50. The molecule has 4 aromatic carbocycles. The molecular formula is C44H44O10. The van der Waals surface area contributed by atoms with Crippen molar-refractivity contribution in [3.63, 3.8) is 0 Å². The van der Waals surface area contributed by atoms with E-state index in [-0.39, 0.29) is 0 Å². The molecule has 4 atom stereocenters. The van der Waals surface area contributed by atoms with Gasteiger partial charge in [0.25, 0.3) is 0 Å². The fraction of sp³-hybridized carbons (Fsp3) is 0.273. The fourth-order valence-corrected chi connectivity index (χ4v) is 6.50. The standard InChI is InChI=1S/C44H44O10/c1-9-11-31-13-17-39-35(21-31)37-23-33(43(51-29(7)47)25(3)49-27(5)45)15-19-41(37)54-40-18-14-32(12-10-2)22-36(40)38-24-34(16-20-42(38)53-39)44(52-30(8)48)26(4)50-28(6)46/h9-10,13-26,43-44H,1-2,11-12H2,3-8H3/t25-,26-,43-,44-/m0/s1. The monoisotopic (exact) mass is 732 g/mol. The van der Waals surface area contributed by atoms with Crippen molar-refractivity contribution in [3.8, 4) is 45.3 Å². The molecule has 0 N–H and O–H groups in total. The zero-order valence-corrected chi connectivity index (χ0v) is 31.3. The van der Waals surface area contributed by atoms with Crippen LogP contribution < -0.4 is 9.47 Å². The van der Waals surface area contributed by atoms with Crippen molar-refractivity contribution in [1.82, 2.24) is 0 Å². The third-order valence-corrected chi connectivity index (χ3v) is 8.67. The van der Waals surface area contributed by atoms with Crippen LogP contribution in [0.25, 0.3) is 22.3 Å². The Labute approximate surface area is 315 Å². The second-order valence-electron chi connectivity index (χ2n) is 13.1. The molecule has 0 radical (unpaired) electrons. The largest absolute Gasteiger partial charge is 0.459 e. The van der Waals surface area contributed by atoms with Gasteiger partial charge in [0.2, 0.25) is 0 Å². The summed E-state index contributed by atoms with van der Waals surface area (Å²) < 4.78 is 36.0. The maximum atomic E-state index is 12.3. The van der Waals surface area contributed by atoms with Gasteiger partial charge in [-0.2, -0.15) is 0 Å². The first-order valence-electron chi connectivity index (χ1n) is 17.6. The van der Waals surface area contributed by atoms with Gasteiger partial charge in [0.15, 0.2) is 12.2 Å². The number of hydrogen-bond donors (Lipinski definition) is 0. The van der Waals surface area contributed by atoms with Crippen LogP contribution >= 0.6 is 0 Å². The highest BCUT2D eigenvalue weighted by Crippen LogP contribution is 2.49. The predicted octanol–water partition coefficient (Wildman–Crippen LogP) is 9.49. The molecule has 0 fully saturated rings. The van der Waals surface area contributed by atoms with E-state index in [4.69, 9.17) is 28.4 Å². The van der Waals surface area contributed by atoms with Gasteiger partial charge >= 0.3 is 23.9 Å². The van der Waals surface area contributed by atoms with Crippen molar-refractivity contribution in [2.24, 2.45) is 0 Å². The van der Waals surface area contributed by atoms with E-state index in [1.807, 2.05) is 48.5 Å². The van der Waals surface area contributed by atoms with Crippen molar-refractivity contribution in [3.05, 3.63) is 120 Å². The normalized spacial score (nSPS) is 13.6. The molecule has 0 spiro atoms. The molecular weight excluding hydrogens is 688 g/mol. The molecule has 1 aliphatic rings. The third-order valence-electron chi connectivity index (χ3n) is 8.67. The third kappa shape index (κ3) is 9.25. The van der Waals surface area contributed by atoms with Gasteiger partial charge in [0, 0.05) is 49.9 Å². The minimum atomic E-state index is -0.916. The Hall–Kier alpha value is -6.16. The smallest absolute Gasteiger partial charge is 0.303 e. The molecule has 0 saturated heterocycles. The van der Waals surface area contributed by atoms with Crippen LogP contribution in [0.2, 0.25) is 0 Å². The Kier molecular flexibility index (Phi) is 12.4. The van der Waals surface area contributed by atoms with Gasteiger partial charge in [-0.15, -0.1) is 13.2 Å². The van der Waals surface area contributed by atoms with Crippen LogP contribution in [0.4, 0.5) is 0 Å². The van der Waals surface area contributed by atoms with Crippen LogP contribution in [-0.4, -0.2) is 36.1 Å². The first-order chi connectivity index (χ1) is 25.8. The number of hydrogen-bond acceptors (Lipinski definition) is 10. The number of carbonyl (C=O) groups is 4. The Balaban J connectivity index is 1.78. The summed E-state index contributed by atoms with van der Waals surface area (Å²) in [5.41, 5.74) is 5.68. The Morgan fingerprint density at radius 2 is 0.833 bits per heavy atom. The number of benzene rings is 4. The van der Waals surface area contributed by atoms with Gasteiger partial charge in [-0.05, 0) is 97.5 Å². The van der Waals surface area contributed by atoms with Crippen molar-refractivity contribution in [2.45, 2.75) is 78.8 Å². The number of carbonyl (C=O) groups excluding carboxylic acids is 4. The van der Waals surface area contributed by atoms with Crippen molar-refractivity contribution in [1.29, 1.82) is 0 Å². The van der Waals surface area contributed by atoms with Crippen molar-refractivity contribution >= 4 is 23.9 Å². The van der Waals surface area contributed by atoms with E-state index in [0.717, 1.165) is 11.1 Å². The highest BCUT2D eigenvalue weighted by molar-refractivity contribution is 5.83. The molecule has 1 heterocycles. The lowest BCUT2D eigenvalue weighted by molar-refractivity contribution is -0.164. The van der Waals surface area contributed by atoms with Gasteiger partial charge in [-0.1, -0.05) is 36.4 Å². The molecule has 5 rings (SSSR count). The summed E-state index contributed by atoms with van der Waals surface area (Å²) in [6.45, 7) is 16.4. The highest BCUT2D eigenvalue weighted by atomic mass is 16.6. The number of esters is 4. The van der Waals surface area contributed by atoms with E-state index in [9.17, 15) is 19.2 Å². The van der Waals surface area contributed by atoms with Crippen LogP contribution in [0, 0.1) is 0 Å². The van der Waals surface area contributed by atoms with E-state index in [1.165, 1.54) is 27.7 Å². The topological polar surface area (TPSA) is 124 Å². The maximum absolute atomic E-state index is 12.3. The summed E-state index contributed by atoms with van der Waals surface area (Å²) >= 11 is 0. The lowest BCUT2D eigenvalue weighted by atomic mass is 9.93. The van der Waals surface area contributed by atoms with Gasteiger partial charge < -0.3 is 28.4 Å². The van der Waals surface area contributed by atoms with Crippen LogP contribution in [0.5, 0.6) is 23.0 Å². The van der Waals surface area contributed by atoms with E-state index >= 15 is 0 Å². The first-order valence-corrected chi connectivity index (χ1v) is 17.6. The molecule has 0 aliphatic carbocycles. The predicted molar refractivity (Wildman–Crippen MR) is 203 cm³/mol. The number of fused-ring (bicyclic) bond motifs is 6. The summed E-state index contributed by atoms with van der Waals surface area (Å²) in [6.07, 6.45) is 1.34. The van der Waals surface area contributed by atoms with E-state index in [2.05, 4.69) is 13.2 Å². The van der Waals surface area contributed by atoms with Gasteiger partial charge in [0.05, 0.1) is 0 Å². The Morgan fingerprint density at radius 3 is 1.15 bits per heavy atom. The van der Waals surface area contributed by atoms with Crippen molar-refractivity contribution < 1.29 is 47.6 Å². The molecule has 10 heteroatoms. The van der Waals surface area contributed by atoms with Crippen LogP contribution in [0.15, 0.2) is 98.1 Å². The molecule has 0 aromatic heterocycles. The molecule has 10 nitrogen and oxygen atoms in total. The second-order valence-corrected chi connectivity index (χ2v) is 13.1. The lowest BCUT2D eigenvalue weighted by Crippen LogP contribution is -2.25. The molecule has 280 valence electrons. The summed E-state index contributed by atoms with van der Waals surface area (Å²) in [4.78, 5) is 48.4. The van der Waals surface area contributed by atoms with Gasteiger partial charge in [0.1, 0.15) is 35.2 Å². The summed E-state index contributed by atoms with van der Waals surface area (Å²) in [5.74, 6) is -0.165. The SMILES string of the molecule is C=CCc1ccc2c(c1)-c1cc([C@@H](OC(C)=O)[C@H](C)OC(C)=O)ccc1Oc1ccc(CC=C)cc1-c1cc([C@@H](OC(C)=O)[C@H](C)OC(C)=O)ccc1O2. The molecule has 4 aromatic rings. The molecule has 0 unspecified atom stereocenters. The van der Waals surface area contributed by atoms with Crippen molar-refractivity contribution in [2.75, 3.05) is 0 Å². The van der Waals surface area contributed by atoms with E-state index in [1.54, 1.807) is 50.3 Å². The lowest BCUT2D eigenvalue weighted by Gasteiger charge is -2.27. The zero-order valence-electron chi connectivity index (χ0n) is 31.3. The minimum absolute atomic E-state index is 0.472. The number of ether oxygens (including phenoxy) is 6. The second kappa shape index (κ2) is 17.1. The van der Waals surface area contributed by atoms with Gasteiger partial charge in [-0.25, -0.2) is 0 Å². The Bertz CT molecular complexity index is 1950. The summed E-state index contributed by atoms with van der Waals surface area (Å²) in [7, 11) is 0. The van der Waals surface area contributed by atoms with E-state index in [0.29, 0.717) is 69.2 Å². The minimum Gasteiger partial charge on any atom is -0.459 e. The quantitative estimate of drug-likeness (QED) is 0.0696. The molecule has 0 bridgehead atoms. The maximum Gasteiger partial charge on any atom is 0.303 e. The van der Waals surface area contributed by atoms with Gasteiger partial charge in [-0.3, -0.25) is 19.2 Å². The van der Waals surface area contributed by atoms with Crippen LogP contribution in [0.3, 0.4) is 0 Å². The van der Waals surface area contributed by atoms with Crippen LogP contribution in [0.1, 0.15) is 76.0 Å². The van der Waals surface area contributed by atoms with E-state index < -0.39 is 48.3 Å². The number of rotatable bonds is 12. The first kappa shape index (κ1) is 39.1. The average molecular weight is 733 g/mol. The molecule has 1 aliphatic heterocycles. The Morgan fingerprint density at radius 1 is 0.519 bits per heavy atom. The molecule has 0 amide bonds. The van der Waals surface area contributed by atoms with Crippen LogP contribution in [-0.2, 0) is 51.0 Å². The molecule has 0 saturated carbocycles. The molecule has 54 heavy (non-hydrogen) atoms. The summed E-state index contributed by atoms with van der Waals surface area (Å²) in [6, 6.07) is 22.4. The zero-order chi connectivity index (χ0) is 39.1. The average Bonchev–Trinajstić information content (AvgIpc) is 3.10. The number of allylic oxidation sites excluding steroid dienone is 2. The summed E-state index contributed by atoms with van der Waals surface area (Å²) in [5, 5.41) is 0.